The number of rotatable bonds is 1. The van der Waals surface area contributed by atoms with Crippen molar-refractivity contribution < 1.29 is 0 Å². The maximum absolute atomic E-state index is 11.8. The highest BCUT2D eigenvalue weighted by atomic mass is 16.1. The van der Waals surface area contributed by atoms with Crippen LogP contribution in [0.15, 0.2) is 17.1 Å². The van der Waals surface area contributed by atoms with E-state index in [4.69, 9.17) is 0 Å². The van der Waals surface area contributed by atoms with Crippen molar-refractivity contribution in [2.45, 2.75) is 0 Å². The molecule has 18 heavy (non-hydrogen) atoms. The minimum Gasteiger partial charge on any atom is -0.340 e. The Balaban J connectivity index is 2.05. The molecule has 0 bridgehead atoms. The Labute approximate surface area is 105 Å². The Morgan fingerprint density at radius 1 is 1.22 bits per heavy atom. The van der Waals surface area contributed by atoms with Crippen LogP contribution in [0.2, 0.25) is 0 Å². The van der Waals surface area contributed by atoms with E-state index in [1.165, 1.54) is 0 Å². The van der Waals surface area contributed by atoms with Crippen LogP contribution < -0.4 is 10.5 Å². The van der Waals surface area contributed by atoms with E-state index in [2.05, 4.69) is 26.8 Å². The summed E-state index contributed by atoms with van der Waals surface area (Å²) in [4.78, 5) is 23.6. The lowest BCUT2D eigenvalue weighted by atomic mass is 10.3. The number of aryl methyl sites for hydroxylation is 1. The van der Waals surface area contributed by atoms with Crippen LogP contribution in [-0.2, 0) is 7.05 Å². The second-order valence-corrected chi connectivity index (χ2v) is 4.80. The molecule has 0 amide bonds. The van der Waals surface area contributed by atoms with Crippen LogP contribution >= 0.6 is 0 Å². The predicted octanol–water partition coefficient (Wildman–Crippen LogP) is 0.0134. The van der Waals surface area contributed by atoms with Crippen LogP contribution in [0.4, 0.5) is 5.95 Å². The smallest absolute Gasteiger partial charge is 0.274 e. The summed E-state index contributed by atoms with van der Waals surface area (Å²) in [6, 6.07) is 1.84. The Kier molecular flexibility index (Phi) is 2.59. The largest absolute Gasteiger partial charge is 0.340 e. The molecule has 0 saturated carbocycles. The summed E-state index contributed by atoms with van der Waals surface area (Å²) in [5, 5.41) is 0. The maximum atomic E-state index is 11.8. The summed E-state index contributed by atoms with van der Waals surface area (Å²) in [6.07, 6.45) is 1.64. The van der Waals surface area contributed by atoms with Gasteiger partial charge in [-0.1, -0.05) is 0 Å². The maximum Gasteiger partial charge on any atom is 0.274 e. The molecule has 6 heteroatoms. The minimum absolute atomic E-state index is 0.0807. The summed E-state index contributed by atoms with van der Waals surface area (Å²) in [6.45, 7) is 3.95. The Hall–Kier alpha value is -1.82. The minimum atomic E-state index is -0.0807. The third kappa shape index (κ3) is 1.69. The molecular formula is C12H17N5O. The Morgan fingerprint density at radius 2 is 1.94 bits per heavy atom. The first-order valence-electron chi connectivity index (χ1n) is 6.14. The Bertz CT molecular complexity index is 621. The second kappa shape index (κ2) is 4.13. The molecular weight excluding hydrogens is 230 g/mol. The van der Waals surface area contributed by atoms with Crippen molar-refractivity contribution in [1.29, 1.82) is 0 Å². The van der Waals surface area contributed by atoms with Gasteiger partial charge in [-0.3, -0.25) is 4.79 Å². The fraction of sp³-hybridized carbons (Fsp3) is 0.500. The van der Waals surface area contributed by atoms with Crippen LogP contribution in [0.25, 0.3) is 11.0 Å². The first-order valence-corrected chi connectivity index (χ1v) is 6.14. The molecule has 2 aromatic heterocycles. The topological polar surface area (TPSA) is 57.2 Å². The van der Waals surface area contributed by atoms with E-state index in [-0.39, 0.29) is 5.56 Å². The van der Waals surface area contributed by atoms with Crippen LogP contribution in [0, 0.1) is 0 Å². The highest BCUT2D eigenvalue weighted by Crippen LogP contribution is 2.19. The fourth-order valence-corrected chi connectivity index (χ4v) is 2.45. The molecule has 0 aromatic carbocycles. The lowest BCUT2D eigenvalue weighted by Gasteiger charge is -2.32. The number of pyridine rings is 1. The molecule has 3 rings (SSSR count). The average molecular weight is 247 g/mol. The highest BCUT2D eigenvalue weighted by molar-refractivity contribution is 5.77. The monoisotopic (exact) mass is 247 g/mol. The standard InChI is InChI=1S/C12H17N5O/c1-15-5-7-17(8-6-15)12-14-9-3-4-13-11(18)10(9)16(12)2/h3-4H,5-8H2,1-2H3,(H,13,18). The van der Waals surface area contributed by atoms with E-state index in [1.54, 1.807) is 6.20 Å². The summed E-state index contributed by atoms with van der Waals surface area (Å²) in [5.41, 5.74) is 1.32. The summed E-state index contributed by atoms with van der Waals surface area (Å²) < 4.78 is 1.89. The summed E-state index contributed by atoms with van der Waals surface area (Å²) >= 11 is 0. The van der Waals surface area contributed by atoms with E-state index >= 15 is 0 Å². The second-order valence-electron chi connectivity index (χ2n) is 4.80. The van der Waals surface area contributed by atoms with Gasteiger partial charge in [-0.2, -0.15) is 0 Å². The van der Waals surface area contributed by atoms with Crippen LogP contribution in [0.3, 0.4) is 0 Å². The van der Waals surface area contributed by atoms with Crippen molar-refractivity contribution in [1.82, 2.24) is 19.4 Å². The molecule has 1 fully saturated rings. The zero-order valence-corrected chi connectivity index (χ0v) is 10.7. The van der Waals surface area contributed by atoms with Gasteiger partial charge < -0.3 is 19.4 Å². The van der Waals surface area contributed by atoms with Gasteiger partial charge in [-0.25, -0.2) is 4.98 Å². The lowest BCUT2D eigenvalue weighted by molar-refractivity contribution is 0.310. The predicted molar refractivity (Wildman–Crippen MR) is 71.0 cm³/mol. The third-order valence-electron chi connectivity index (χ3n) is 3.56. The number of anilines is 1. The van der Waals surface area contributed by atoms with Crippen LogP contribution in [-0.4, -0.2) is 52.7 Å². The SMILES string of the molecule is CN1CCN(c2nc3cc[nH]c(=O)c3n2C)CC1. The molecule has 1 aliphatic rings. The van der Waals surface area contributed by atoms with E-state index in [0.29, 0.717) is 5.52 Å². The number of hydrogen-bond acceptors (Lipinski definition) is 4. The molecule has 1 saturated heterocycles. The number of aromatic amines is 1. The number of fused-ring (bicyclic) bond motifs is 1. The summed E-state index contributed by atoms with van der Waals surface area (Å²) in [7, 11) is 4.02. The first-order chi connectivity index (χ1) is 8.66. The number of aromatic nitrogens is 3. The molecule has 0 aliphatic carbocycles. The molecule has 0 atom stereocenters. The van der Waals surface area contributed by atoms with Gasteiger partial charge in [0.2, 0.25) is 5.95 Å². The van der Waals surface area contributed by atoms with Crippen LogP contribution in [0.5, 0.6) is 0 Å². The van der Waals surface area contributed by atoms with Crippen LogP contribution in [0.1, 0.15) is 0 Å². The van der Waals surface area contributed by atoms with Crippen molar-refractivity contribution in [2.24, 2.45) is 7.05 Å². The average Bonchev–Trinajstić information content (AvgIpc) is 2.69. The van der Waals surface area contributed by atoms with Crippen molar-refractivity contribution in [2.75, 3.05) is 38.1 Å². The number of hydrogen-bond donors (Lipinski definition) is 1. The van der Waals surface area contributed by atoms with Crippen molar-refractivity contribution in [3.8, 4) is 0 Å². The number of nitrogens with zero attached hydrogens (tertiary/aromatic N) is 4. The van der Waals surface area contributed by atoms with Gasteiger partial charge in [-0.15, -0.1) is 0 Å². The van der Waals surface area contributed by atoms with E-state index in [0.717, 1.165) is 37.6 Å². The Morgan fingerprint density at radius 3 is 2.61 bits per heavy atom. The normalized spacial score (nSPS) is 17.6. The zero-order chi connectivity index (χ0) is 12.7. The van der Waals surface area contributed by atoms with Gasteiger partial charge in [0, 0.05) is 39.4 Å². The fourth-order valence-electron chi connectivity index (χ4n) is 2.45. The number of piperazine rings is 1. The molecule has 3 heterocycles. The number of imidazole rings is 1. The molecule has 96 valence electrons. The van der Waals surface area contributed by atoms with Gasteiger partial charge >= 0.3 is 0 Å². The molecule has 6 nitrogen and oxygen atoms in total. The molecule has 1 N–H and O–H groups in total. The highest BCUT2D eigenvalue weighted by Gasteiger charge is 2.20. The van der Waals surface area contributed by atoms with Crippen molar-refractivity contribution in [3.05, 3.63) is 22.6 Å². The lowest BCUT2D eigenvalue weighted by Crippen LogP contribution is -2.45. The quantitative estimate of drug-likeness (QED) is 0.771. The third-order valence-corrected chi connectivity index (χ3v) is 3.56. The first kappa shape index (κ1) is 11.3. The number of likely N-dealkylation sites (N-methyl/N-ethyl adjacent to an activating group) is 1. The number of nitrogens with one attached hydrogen (secondary N) is 1. The molecule has 0 unspecified atom stereocenters. The van der Waals surface area contributed by atoms with Gasteiger partial charge in [-0.05, 0) is 13.1 Å². The summed E-state index contributed by atoms with van der Waals surface area (Å²) in [5.74, 6) is 0.884. The molecule has 2 aromatic rings. The van der Waals surface area contributed by atoms with Gasteiger partial charge in [0.05, 0.1) is 5.52 Å². The molecule has 0 spiro atoms. The molecule has 0 radical (unpaired) electrons. The van der Waals surface area contributed by atoms with Crippen molar-refractivity contribution in [3.63, 3.8) is 0 Å². The van der Waals surface area contributed by atoms with Gasteiger partial charge in [0.15, 0.2) is 0 Å². The number of H-pyrrole nitrogens is 1. The molecule has 1 aliphatic heterocycles. The van der Waals surface area contributed by atoms with Crippen molar-refractivity contribution >= 4 is 17.0 Å². The van der Waals surface area contributed by atoms with Gasteiger partial charge in [0.25, 0.3) is 5.56 Å². The van der Waals surface area contributed by atoms with E-state index in [9.17, 15) is 4.79 Å². The zero-order valence-electron chi connectivity index (χ0n) is 10.7. The van der Waals surface area contributed by atoms with Gasteiger partial charge in [0.1, 0.15) is 5.52 Å². The van der Waals surface area contributed by atoms with E-state index in [1.807, 2.05) is 17.7 Å². The van der Waals surface area contributed by atoms with E-state index < -0.39 is 0 Å².